The topological polar surface area (TPSA) is 30.5 Å². The van der Waals surface area contributed by atoms with E-state index in [9.17, 15) is 0 Å². The van der Waals surface area contributed by atoms with Gasteiger partial charge in [-0.05, 0) is 58.2 Å². The first kappa shape index (κ1) is 16.8. The second kappa shape index (κ2) is 7.12. The van der Waals surface area contributed by atoms with Gasteiger partial charge in [0.05, 0.1) is 12.2 Å². The Hall–Kier alpha value is -0.580. The number of hydrogen-bond donors (Lipinski definition) is 1. The fourth-order valence-electron chi connectivity index (χ4n) is 2.17. The van der Waals surface area contributed by atoms with E-state index in [1.54, 1.807) is 0 Å². The Kier molecular flexibility index (Phi) is 5.69. The van der Waals surface area contributed by atoms with Crippen molar-refractivity contribution in [3.63, 3.8) is 0 Å². The Labute approximate surface area is 136 Å². The molecule has 2 rings (SSSR count). The molecule has 0 saturated heterocycles. The molecule has 1 aliphatic carbocycles. The smallest absolute Gasteiger partial charge is 0.126 e. The van der Waals surface area contributed by atoms with Gasteiger partial charge in [-0.25, -0.2) is 0 Å². The Morgan fingerprint density at radius 1 is 1.24 bits per heavy atom. The van der Waals surface area contributed by atoms with Gasteiger partial charge in [0.1, 0.15) is 12.4 Å². The molecule has 0 atom stereocenters. The minimum absolute atomic E-state index is 0.117. The van der Waals surface area contributed by atoms with Gasteiger partial charge in [-0.15, -0.1) is 0 Å². The van der Waals surface area contributed by atoms with Crippen molar-refractivity contribution in [2.75, 3.05) is 13.2 Å². The molecule has 1 N–H and O–H groups in total. The van der Waals surface area contributed by atoms with Gasteiger partial charge in [-0.2, -0.15) is 0 Å². The third kappa shape index (κ3) is 5.97. The number of aryl methyl sites for hydroxylation is 1. The first-order chi connectivity index (χ1) is 9.85. The van der Waals surface area contributed by atoms with Crippen LogP contribution >= 0.6 is 15.9 Å². The molecular formula is C17H26BrNO2. The SMILES string of the molecule is Cc1cc(Br)cc(CNC2CC2)c1OCCOC(C)(C)C. The van der Waals surface area contributed by atoms with Crippen molar-refractivity contribution in [1.29, 1.82) is 0 Å². The van der Waals surface area contributed by atoms with Crippen molar-refractivity contribution in [3.8, 4) is 5.75 Å². The van der Waals surface area contributed by atoms with Crippen molar-refractivity contribution >= 4 is 15.9 Å². The summed E-state index contributed by atoms with van der Waals surface area (Å²) < 4.78 is 12.8. The van der Waals surface area contributed by atoms with Crippen molar-refractivity contribution in [2.45, 2.75) is 58.7 Å². The van der Waals surface area contributed by atoms with Gasteiger partial charge in [0.2, 0.25) is 0 Å². The summed E-state index contributed by atoms with van der Waals surface area (Å²) in [5.74, 6) is 0.990. The Morgan fingerprint density at radius 2 is 1.95 bits per heavy atom. The molecule has 0 spiro atoms. The first-order valence-electron chi connectivity index (χ1n) is 7.64. The standard InChI is InChI=1S/C17H26BrNO2/c1-12-9-14(18)10-13(11-19-15-5-6-15)16(12)20-7-8-21-17(2,3)4/h9-10,15,19H,5-8,11H2,1-4H3. The maximum Gasteiger partial charge on any atom is 0.126 e. The number of ether oxygens (including phenoxy) is 2. The highest BCUT2D eigenvalue weighted by Crippen LogP contribution is 2.29. The van der Waals surface area contributed by atoms with E-state index < -0.39 is 0 Å². The molecule has 1 aliphatic rings. The van der Waals surface area contributed by atoms with E-state index in [-0.39, 0.29) is 5.60 Å². The summed E-state index contributed by atoms with van der Waals surface area (Å²) in [6.45, 7) is 10.3. The number of halogens is 1. The highest BCUT2D eigenvalue weighted by molar-refractivity contribution is 9.10. The summed E-state index contributed by atoms with van der Waals surface area (Å²) in [5.41, 5.74) is 2.26. The third-order valence-corrected chi connectivity index (χ3v) is 3.80. The molecule has 21 heavy (non-hydrogen) atoms. The molecule has 1 aromatic carbocycles. The maximum absolute atomic E-state index is 5.99. The van der Waals surface area contributed by atoms with Gasteiger partial charge in [0.15, 0.2) is 0 Å². The molecule has 3 nitrogen and oxygen atoms in total. The monoisotopic (exact) mass is 355 g/mol. The first-order valence-corrected chi connectivity index (χ1v) is 8.43. The number of nitrogens with one attached hydrogen (secondary N) is 1. The molecule has 0 aromatic heterocycles. The van der Waals surface area contributed by atoms with E-state index in [0.717, 1.165) is 22.3 Å². The normalized spacial score (nSPS) is 15.3. The van der Waals surface area contributed by atoms with Crippen LogP contribution in [0.5, 0.6) is 5.75 Å². The van der Waals surface area contributed by atoms with E-state index in [2.05, 4.69) is 61.1 Å². The third-order valence-electron chi connectivity index (χ3n) is 3.34. The molecule has 1 fully saturated rings. The molecule has 4 heteroatoms. The van der Waals surface area contributed by atoms with E-state index in [0.29, 0.717) is 19.3 Å². The molecule has 0 radical (unpaired) electrons. The zero-order chi connectivity index (χ0) is 15.5. The second-order valence-electron chi connectivity index (χ2n) is 6.68. The van der Waals surface area contributed by atoms with E-state index in [1.165, 1.54) is 18.4 Å². The van der Waals surface area contributed by atoms with Crippen LogP contribution < -0.4 is 10.1 Å². The molecule has 1 aromatic rings. The van der Waals surface area contributed by atoms with Crippen LogP contribution in [-0.4, -0.2) is 24.9 Å². The van der Waals surface area contributed by atoms with Crippen LogP contribution in [0.1, 0.15) is 44.7 Å². The minimum atomic E-state index is -0.117. The summed E-state index contributed by atoms with van der Waals surface area (Å²) in [7, 11) is 0. The van der Waals surface area contributed by atoms with Crippen LogP contribution in [0.3, 0.4) is 0 Å². The van der Waals surface area contributed by atoms with E-state index in [4.69, 9.17) is 9.47 Å². The maximum atomic E-state index is 5.99. The lowest BCUT2D eigenvalue weighted by atomic mass is 10.1. The van der Waals surface area contributed by atoms with Gasteiger partial charge >= 0.3 is 0 Å². The van der Waals surface area contributed by atoms with E-state index >= 15 is 0 Å². The molecule has 0 amide bonds. The van der Waals surface area contributed by atoms with Gasteiger partial charge in [0.25, 0.3) is 0 Å². The van der Waals surface area contributed by atoms with E-state index in [1.807, 2.05) is 0 Å². The van der Waals surface area contributed by atoms with Gasteiger partial charge in [-0.3, -0.25) is 0 Å². The van der Waals surface area contributed by atoms with Crippen LogP contribution in [0.15, 0.2) is 16.6 Å². The molecule has 0 unspecified atom stereocenters. The molecule has 118 valence electrons. The van der Waals surface area contributed by atoms with Crippen LogP contribution in [0.4, 0.5) is 0 Å². The van der Waals surface area contributed by atoms with Crippen LogP contribution in [-0.2, 0) is 11.3 Å². The second-order valence-corrected chi connectivity index (χ2v) is 7.59. The van der Waals surface area contributed by atoms with Crippen molar-refractivity contribution in [1.82, 2.24) is 5.32 Å². The fourth-order valence-corrected chi connectivity index (χ4v) is 2.79. The van der Waals surface area contributed by atoms with Crippen LogP contribution in [0, 0.1) is 6.92 Å². The Balaban J connectivity index is 1.95. The molecule has 0 heterocycles. The Morgan fingerprint density at radius 3 is 2.57 bits per heavy atom. The predicted molar refractivity (Wildman–Crippen MR) is 89.9 cm³/mol. The summed E-state index contributed by atoms with van der Waals surface area (Å²) in [6.07, 6.45) is 2.59. The highest BCUT2D eigenvalue weighted by Gasteiger charge is 2.21. The van der Waals surface area contributed by atoms with Gasteiger partial charge in [-0.1, -0.05) is 15.9 Å². The largest absolute Gasteiger partial charge is 0.491 e. The molecule has 0 bridgehead atoms. The van der Waals surface area contributed by atoms with Gasteiger partial charge in [0, 0.05) is 22.6 Å². The van der Waals surface area contributed by atoms with Gasteiger partial charge < -0.3 is 14.8 Å². The number of rotatable bonds is 7. The average molecular weight is 356 g/mol. The fraction of sp³-hybridized carbons (Fsp3) is 0.647. The summed E-state index contributed by atoms with van der Waals surface area (Å²) in [4.78, 5) is 0. The summed E-state index contributed by atoms with van der Waals surface area (Å²) >= 11 is 3.57. The van der Waals surface area contributed by atoms with Crippen LogP contribution in [0.25, 0.3) is 0 Å². The quantitative estimate of drug-likeness (QED) is 0.743. The summed E-state index contributed by atoms with van der Waals surface area (Å²) in [6, 6.07) is 4.93. The highest BCUT2D eigenvalue weighted by atomic mass is 79.9. The summed E-state index contributed by atoms with van der Waals surface area (Å²) in [5, 5.41) is 3.55. The number of benzene rings is 1. The predicted octanol–water partition coefficient (Wildman–Crippen LogP) is 4.20. The minimum Gasteiger partial charge on any atom is -0.491 e. The lowest BCUT2D eigenvalue weighted by Crippen LogP contribution is -2.23. The van der Waals surface area contributed by atoms with Crippen molar-refractivity contribution in [3.05, 3.63) is 27.7 Å². The molecule has 0 aliphatic heterocycles. The zero-order valence-corrected chi connectivity index (χ0v) is 15.0. The van der Waals surface area contributed by atoms with Crippen LogP contribution in [0.2, 0.25) is 0 Å². The zero-order valence-electron chi connectivity index (χ0n) is 13.5. The molecular weight excluding hydrogens is 330 g/mol. The molecule has 1 saturated carbocycles. The average Bonchev–Trinajstić information content (AvgIpc) is 3.16. The van der Waals surface area contributed by atoms with Crippen molar-refractivity contribution < 1.29 is 9.47 Å². The van der Waals surface area contributed by atoms with Crippen molar-refractivity contribution in [2.24, 2.45) is 0 Å². The lowest BCUT2D eigenvalue weighted by Gasteiger charge is -2.20. The number of hydrogen-bond acceptors (Lipinski definition) is 3. The Bertz CT molecular complexity index is 478. The lowest BCUT2D eigenvalue weighted by molar-refractivity contribution is -0.0164.